The second kappa shape index (κ2) is 9.37. The number of rotatable bonds is 8. The predicted octanol–water partition coefficient (Wildman–Crippen LogP) is 3.86. The number of ether oxygens (including phenoxy) is 4. The summed E-state index contributed by atoms with van der Waals surface area (Å²) in [5, 5.41) is 0. The third-order valence-corrected chi connectivity index (χ3v) is 3.43. The van der Waals surface area contributed by atoms with E-state index in [9.17, 15) is 4.79 Å². The number of para-hydroxylation sites is 1. The molecule has 0 spiro atoms. The maximum absolute atomic E-state index is 12.0. The lowest BCUT2D eigenvalue weighted by Gasteiger charge is -2.09. The smallest absolute Gasteiger partial charge is 0.331 e. The highest BCUT2D eigenvalue weighted by Crippen LogP contribution is 2.23. The van der Waals surface area contributed by atoms with Crippen molar-refractivity contribution in [2.45, 2.75) is 13.5 Å². The lowest BCUT2D eigenvalue weighted by Crippen LogP contribution is -2.03. The highest BCUT2D eigenvalue weighted by Gasteiger charge is 2.05. The molecule has 2 aromatic rings. The molecule has 0 unspecified atom stereocenters. The third kappa shape index (κ3) is 5.57. The molecule has 2 rings (SSSR count). The van der Waals surface area contributed by atoms with Crippen LogP contribution in [-0.2, 0) is 16.1 Å². The number of benzene rings is 2. The highest BCUT2D eigenvalue weighted by molar-refractivity contribution is 5.87. The van der Waals surface area contributed by atoms with Gasteiger partial charge < -0.3 is 18.9 Å². The summed E-state index contributed by atoms with van der Waals surface area (Å²) >= 11 is 0. The minimum absolute atomic E-state index is 0.154. The summed E-state index contributed by atoms with van der Waals surface area (Å²) in [6, 6.07) is 12.9. The van der Waals surface area contributed by atoms with E-state index in [1.807, 2.05) is 31.2 Å². The minimum Gasteiger partial charge on any atom is -0.497 e. The first-order valence-electron chi connectivity index (χ1n) is 7.95. The molecule has 0 saturated carbocycles. The van der Waals surface area contributed by atoms with E-state index >= 15 is 0 Å². The van der Waals surface area contributed by atoms with E-state index in [0.29, 0.717) is 18.1 Å². The summed E-state index contributed by atoms with van der Waals surface area (Å²) in [6.07, 6.45) is 3.03. The maximum atomic E-state index is 12.0. The van der Waals surface area contributed by atoms with Crippen LogP contribution >= 0.6 is 0 Å². The molecule has 5 heteroatoms. The van der Waals surface area contributed by atoms with E-state index in [-0.39, 0.29) is 6.61 Å². The molecule has 0 fully saturated rings. The number of hydrogen-bond acceptors (Lipinski definition) is 5. The fraction of sp³-hybridized carbons (Fsp3) is 0.250. The number of hydrogen-bond donors (Lipinski definition) is 0. The van der Waals surface area contributed by atoms with Gasteiger partial charge >= 0.3 is 5.97 Å². The molecule has 132 valence electrons. The standard InChI is InChI=1S/C20H22O5/c1-4-24-19-8-6-5-7-16(19)14-25-20(21)10-9-15-11-17(22-2)13-18(12-15)23-3/h5-13H,4,14H2,1-3H3/b10-9+. The van der Waals surface area contributed by atoms with E-state index in [4.69, 9.17) is 18.9 Å². The molecule has 0 aliphatic carbocycles. The Morgan fingerprint density at radius 1 is 1.04 bits per heavy atom. The fourth-order valence-corrected chi connectivity index (χ4v) is 2.21. The molecule has 5 nitrogen and oxygen atoms in total. The molecular formula is C20H22O5. The van der Waals surface area contributed by atoms with Crippen molar-refractivity contribution in [1.29, 1.82) is 0 Å². The average molecular weight is 342 g/mol. The van der Waals surface area contributed by atoms with E-state index in [2.05, 4.69) is 0 Å². The molecule has 0 aliphatic heterocycles. The molecule has 0 amide bonds. The molecule has 0 N–H and O–H groups in total. The second-order valence-corrected chi connectivity index (χ2v) is 5.13. The van der Waals surface area contributed by atoms with Crippen LogP contribution in [0, 0.1) is 0 Å². The molecule has 0 atom stereocenters. The van der Waals surface area contributed by atoms with Crippen LogP contribution in [0.15, 0.2) is 48.5 Å². The van der Waals surface area contributed by atoms with Gasteiger partial charge in [0.1, 0.15) is 23.9 Å². The van der Waals surface area contributed by atoms with Gasteiger partial charge in [-0.15, -0.1) is 0 Å². The number of methoxy groups -OCH3 is 2. The first-order valence-corrected chi connectivity index (χ1v) is 7.95. The van der Waals surface area contributed by atoms with Gasteiger partial charge in [-0.1, -0.05) is 18.2 Å². The van der Waals surface area contributed by atoms with Crippen LogP contribution in [0.3, 0.4) is 0 Å². The van der Waals surface area contributed by atoms with Gasteiger partial charge in [-0.3, -0.25) is 0 Å². The van der Waals surface area contributed by atoms with E-state index in [0.717, 1.165) is 16.9 Å². The summed E-state index contributed by atoms with van der Waals surface area (Å²) in [7, 11) is 3.15. The maximum Gasteiger partial charge on any atom is 0.331 e. The number of carbonyl (C=O) groups is 1. The Morgan fingerprint density at radius 2 is 1.72 bits per heavy atom. The Labute approximate surface area is 147 Å². The van der Waals surface area contributed by atoms with Crippen molar-refractivity contribution >= 4 is 12.0 Å². The number of esters is 1. The van der Waals surface area contributed by atoms with E-state index in [1.54, 1.807) is 38.5 Å². The zero-order valence-electron chi connectivity index (χ0n) is 14.7. The van der Waals surface area contributed by atoms with Crippen LogP contribution in [0.2, 0.25) is 0 Å². The lowest BCUT2D eigenvalue weighted by atomic mass is 10.2. The predicted molar refractivity (Wildman–Crippen MR) is 96.0 cm³/mol. The summed E-state index contributed by atoms with van der Waals surface area (Å²) in [5.41, 5.74) is 1.61. The largest absolute Gasteiger partial charge is 0.497 e. The van der Waals surface area contributed by atoms with Gasteiger partial charge in [0.05, 0.1) is 20.8 Å². The molecule has 25 heavy (non-hydrogen) atoms. The van der Waals surface area contributed by atoms with Crippen LogP contribution in [0.1, 0.15) is 18.1 Å². The van der Waals surface area contributed by atoms with E-state index in [1.165, 1.54) is 6.08 Å². The third-order valence-electron chi connectivity index (χ3n) is 3.43. The normalized spacial score (nSPS) is 10.5. The molecule has 0 aromatic heterocycles. The minimum atomic E-state index is -0.437. The molecule has 0 radical (unpaired) electrons. The Kier molecular flexibility index (Phi) is 6.89. The van der Waals surface area contributed by atoms with Crippen LogP contribution in [0.4, 0.5) is 0 Å². The summed E-state index contributed by atoms with van der Waals surface area (Å²) in [6.45, 7) is 2.62. The van der Waals surface area contributed by atoms with E-state index < -0.39 is 5.97 Å². The molecule has 2 aromatic carbocycles. The average Bonchev–Trinajstić information content (AvgIpc) is 2.65. The molecule has 0 saturated heterocycles. The highest BCUT2D eigenvalue weighted by atomic mass is 16.5. The topological polar surface area (TPSA) is 54.0 Å². The van der Waals surface area contributed by atoms with Crippen molar-refractivity contribution in [3.8, 4) is 17.2 Å². The Bertz CT molecular complexity index is 714. The van der Waals surface area contributed by atoms with Crippen molar-refractivity contribution in [3.05, 3.63) is 59.7 Å². The van der Waals surface area contributed by atoms with Crippen molar-refractivity contribution in [1.82, 2.24) is 0 Å². The lowest BCUT2D eigenvalue weighted by molar-refractivity contribution is -0.138. The van der Waals surface area contributed by atoms with Gasteiger partial charge in [0.2, 0.25) is 0 Å². The Hall–Kier alpha value is -2.95. The summed E-state index contributed by atoms with van der Waals surface area (Å²) < 4.78 is 21.2. The van der Waals surface area contributed by atoms with Crippen LogP contribution in [0.5, 0.6) is 17.2 Å². The van der Waals surface area contributed by atoms with Crippen LogP contribution < -0.4 is 14.2 Å². The van der Waals surface area contributed by atoms with Gasteiger partial charge in [0.25, 0.3) is 0 Å². The van der Waals surface area contributed by atoms with Crippen LogP contribution in [-0.4, -0.2) is 26.8 Å². The summed E-state index contributed by atoms with van der Waals surface area (Å²) in [5.74, 6) is 1.59. The Balaban J connectivity index is 2.00. The summed E-state index contributed by atoms with van der Waals surface area (Å²) in [4.78, 5) is 12.0. The first-order chi connectivity index (χ1) is 12.2. The SMILES string of the molecule is CCOc1ccccc1COC(=O)/C=C/c1cc(OC)cc(OC)c1. The molecule has 0 bridgehead atoms. The molecular weight excluding hydrogens is 320 g/mol. The van der Waals surface area contributed by atoms with Crippen molar-refractivity contribution < 1.29 is 23.7 Å². The fourth-order valence-electron chi connectivity index (χ4n) is 2.21. The first kappa shape index (κ1) is 18.4. The second-order valence-electron chi connectivity index (χ2n) is 5.13. The quantitative estimate of drug-likeness (QED) is 0.539. The van der Waals surface area contributed by atoms with Gasteiger partial charge in [0, 0.05) is 17.7 Å². The van der Waals surface area contributed by atoms with Crippen molar-refractivity contribution in [2.24, 2.45) is 0 Å². The van der Waals surface area contributed by atoms with Gasteiger partial charge in [0.15, 0.2) is 0 Å². The Morgan fingerprint density at radius 3 is 2.36 bits per heavy atom. The monoisotopic (exact) mass is 342 g/mol. The number of carbonyl (C=O) groups excluding carboxylic acids is 1. The molecule has 0 heterocycles. The zero-order chi connectivity index (χ0) is 18.1. The van der Waals surface area contributed by atoms with Crippen molar-refractivity contribution in [3.63, 3.8) is 0 Å². The van der Waals surface area contributed by atoms with Crippen LogP contribution in [0.25, 0.3) is 6.08 Å². The van der Waals surface area contributed by atoms with Crippen molar-refractivity contribution in [2.75, 3.05) is 20.8 Å². The molecule has 0 aliphatic rings. The van der Waals surface area contributed by atoms with Gasteiger partial charge in [-0.2, -0.15) is 0 Å². The van der Waals surface area contributed by atoms with Gasteiger partial charge in [-0.25, -0.2) is 4.79 Å². The van der Waals surface area contributed by atoms with Gasteiger partial charge in [-0.05, 0) is 36.8 Å². The zero-order valence-corrected chi connectivity index (χ0v) is 14.7.